The van der Waals surface area contributed by atoms with Crippen molar-refractivity contribution in [3.8, 4) is 10.4 Å². The van der Waals surface area contributed by atoms with E-state index in [9.17, 15) is 19.5 Å². The predicted octanol–water partition coefficient (Wildman–Crippen LogP) is 1.87. The van der Waals surface area contributed by atoms with E-state index in [0.29, 0.717) is 6.54 Å². The maximum Gasteiger partial charge on any atom is 0.249 e. The summed E-state index contributed by atoms with van der Waals surface area (Å²) in [7, 11) is 1.42. The number of aryl methyl sites for hydroxylation is 1. The monoisotopic (exact) mass is 502 g/mol. The van der Waals surface area contributed by atoms with Gasteiger partial charge in [0.1, 0.15) is 18.2 Å². The number of β-amino-alcohol motifs (C(OH)–C–C–N with tert-alkyl or cyclic N) is 1. The molecule has 3 N–H and O–H groups in total. The largest absolute Gasteiger partial charge is 0.391 e. The molecular weight excluding hydrogens is 468 g/mol. The average Bonchev–Trinajstić information content (AvgIpc) is 3.45. The predicted molar refractivity (Wildman–Crippen MR) is 133 cm³/mol. The van der Waals surface area contributed by atoms with Gasteiger partial charge in [-0.25, -0.2) is 4.98 Å². The summed E-state index contributed by atoms with van der Waals surface area (Å²) >= 11 is 1.58. The van der Waals surface area contributed by atoms with Crippen LogP contribution < -0.4 is 10.6 Å². The lowest BCUT2D eigenvalue weighted by atomic mass is 10.0. The van der Waals surface area contributed by atoms with Crippen molar-refractivity contribution >= 4 is 29.1 Å². The third-order valence-corrected chi connectivity index (χ3v) is 7.22. The lowest BCUT2D eigenvalue weighted by molar-refractivity contribution is -0.144. The van der Waals surface area contributed by atoms with Gasteiger partial charge in [0.05, 0.1) is 22.2 Å². The zero-order chi connectivity index (χ0) is 25.7. The van der Waals surface area contributed by atoms with Crippen LogP contribution in [-0.4, -0.2) is 70.7 Å². The van der Waals surface area contributed by atoms with Crippen LogP contribution in [0.4, 0.5) is 0 Å². The Morgan fingerprint density at radius 3 is 2.49 bits per heavy atom. The van der Waals surface area contributed by atoms with E-state index in [-0.39, 0.29) is 24.8 Å². The van der Waals surface area contributed by atoms with Crippen LogP contribution in [-0.2, 0) is 25.7 Å². The number of thiazole rings is 1. The van der Waals surface area contributed by atoms with Crippen LogP contribution in [0.1, 0.15) is 38.4 Å². The van der Waals surface area contributed by atoms with Gasteiger partial charge in [0.2, 0.25) is 17.7 Å². The molecule has 0 spiro atoms. The Morgan fingerprint density at radius 1 is 1.23 bits per heavy atom. The van der Waals surface area contributed by atoms with E-state index in [2.05, 4.69) is 15.6 Å². The normalized spacial score (nSPS) is 19.5. The summed E-state index contributed by atoms with van der Waals surface area (Å²) in [5, 5.41) is 15.9. The van der Waals surface area contributed by atoms with Crippen molar-refractivity contribution in [1.29, 1.82) is 0 Å². The van der Waals surface area contributed by atoms with E-state index in [1.54, 1.807) is 18.3 Å². The fourth-order valence-electron chi connectivity index (χ4n) is 4.04. The molecule has 35 heavy (non-hydrogen) atoms. The number of carbonyl (C=O) groups excluding carboxylic acids is 3. The molecule has 0 aliphatic carbocycles. The van der Waals surface area contributed by atoms with Crippen LogP contribution in [0.5, 0.6) is 0 Å². The first-order chi connectivity index (χ1) is 16.6. The molecule has 3 amide bonds. The number of aromatic nitrogens is 1. The SMILES string of the molecule is COC(C)C(=O)N[C@H](C(=O)N1C[C@H](O)C[C@H]1C(=O)NCc1ccc(-c2scnc2C)cc1)C(C)C. The number of aliphatic hydroxyl groups is 1. The Balaban J connectivity index is 1.65. The molecule has 1 aromatic carbocycles. The second kappa shape index (κ2) is 11.7. The summed E-state index contributed by atoms with van der Waals surface area (Å²) in [6, 6.07) is 6.24. The number of hydrogen-bond donors (Lipinski definition) is 3. The van der Waals surface area contributed by atoms with Crippen molar-refractivity contribution in [3.05, 3.63) is 41.0 Å². The Bertz CT molecular complexity index is 1040. The minimum Gasteiger partial charge on any atom is -0.391 e. The van der Waals surface area contributed by atoms with Crippen LogP contribution in [0.3, 0.4) is 0 Å². The second-order valence-electron chi connectivity index (χ2n) is 9.19. The first-order valence-electron chi connectivity index (χ1n) is 11.7. The van der Waals surface area contributed by atoms with Crippen LogP contribution in [0, 0.1) is 12.8 Å². The van der Waals surface area contributed by atoms with Crippen molar-refractivity contribution in [2.75, 3.05) is 13.7 Å². The highest BCUT2D eigenvalue weighted by Gasteiger charge is 2.42. The summed E-state index contributed by atoms with van der Waals surface area (Å²) in [4.78, 5) is 45.4. The van der Waals surface area contributed by atoms with Gasteiger partial charge >= 0.3 is 0 Å². The molecule has 0 saturated carbocycles. The molecule has 2 aromatic rings. The third-order valence-electron chi connectivity index (χ3n) is 6.25. The Kier molecular flexibility index (Phi) is 8.98. The molecular formula is C25H34N4O5S. The summed E-state index contributed by atoms with van der Waals surface area (Å²) in [5.74, 6) is -1.34. The van der Waals surface area contributed by atoms with Crippen molar-refractivity contribution in [2.45, 2.75) is 65.0 Å². The van der Waals surface area contributed by atoms with Gasteiger partial charge in [-0.2, -0.15) is 0 Å². The molecule has 1 aliphatic rings. The number of methoxy groups -OCH3 is 1. The summed E-state index contributed by atoms with van der Waals surface area (Å²) in [5.41, 5.74) is 4.78. The molecule has 1 unspecified atom stereocenters. The molecule has 1 aromatic heterocycles. The first kappa shape index (κ1) is 26.8. The zero-order valence-electron chi connectivity index (χ0n) is 20.8. The molecule has 1 aliphatic heterocycles. The van der Waals surface area contributed by atoms with E-state index >= 15 is 0 Å². The van der Waals surface area contributed by atoms with Crippen LogP contribution >= 0.6 is 11.3 Å². The number of benzene rings is 1. The van der Waals surface area contributed by atoms with Crippen molar-refractivity contribution in [3.63, 3.8) is 0 Å². The Hall–Kier alpha value is -2.82. The molecule has 1 fully saturated rings. The van der Waals surface area contributed by atoms with Crippen molar-refractivity contribution in [1.82, 2.24) is 20.5 Å². The second-order valence-corrected chi connectivity index (χ2v) is 10.0. The standard InChI is InChI=1S/C25H34N4O5S/c1-14(2)21(28-23(31)16(4)34-5)25(33)29-12-19(30)10-20(29)24(32)26-11-17-6-8-18(9-7-17)22-15(3)27-13-35-22/h6-9,13-14,16,19-21,30H,10-12H2,1-5H3,(H,26,32)(H,28,31)/t16?,19-,20+,21+/m1/s1. The number of aliphatic hydroxyl groups excluding tert-OH is 1. The van der Waals surface area contributed by atoms with Gasteiger partial charge < -0.3 is 25.4 Å². The van der Waals surface area contributed by atoms with Gasteiger partial charge in [0.15, 0.2) is 0 Å². The fourth-order valence-corrected chi connectivity index (χ4v) is 4.85. The molecule has 4 atom stereocenters. The van der Waals surface area contributed by atoms with E-state index < -0.39 is 36.1 Å². The summed E-state index contributed by atoms with van der Waals surface area (Å²) in [6.07, 6.45) is -1.37. The van der Waals surface area contributed by atoms with Crippen molar-refractivity contribution in [2.24, 2.45) is 5.92 Å². The highest BCUT2D eigenvalue weighted by molar-refractivity contribution is 7.13. The van der Waals surface area contributed by atoms with E-state index in [4.69, 9.17) is 4.74 Å². The Labute approximate surface area is 209 Å². The van der Waals surface area contributed by atoms with Crippen LogP contribution in [0.15, 0.2) is 29.8 Å². The summed E-state index contributed by atoms with van der Waals surface area (Å²) < 4.78 is 5.04. The average molecular weight is 503 g/mol. The van der Waals surface area contributed by atoms with Crippen LogP contribution in [0.2, 0.25) is 0 Å². The van der Waals surface area contributed by atoms with E-state index in [1.807, 2.05) is 50.5 Å². The number of nitrogens with one attached hydrogen (secondary N) is 2. The first-order valence-corrected chi connectivity index (χ1v) is 12.6. The zero-order valence-corrected chi connectivity index (χ0v) is 21.6. The maximum absolute atomic E-state index is 13.3. The number of nitrogens with zero attached hydrogens (tertiary/aromatic N) is 2. The number of likely N-dealkylation sites (tertiary alicyclic amines) is 1. The molecule has 10 heteroatoms. The van der Waals surface area contributed by atoms with Crippen molar-refractivity contribution < 1.29 is 24.2 Å². The van der Waals surface area contributed by atoms with Gasteiger partial charge in [0, 0.05) is 26.6 Å². The number of hydrogen-bond acceptors (Lipinski definition) is 7. The van der Waals surface area contributed by atoms with E-state index in [0.717, 1.165) is 21.7 Å². The Morgan fingerprint density at radius 2 is 1.91 bits per heavy atom. The smallest absolute Gasteiger partial charge is 0.249 e. The number of rotatable bonds is 9. The minimum absolute atomic E-state index is 0.0404. The topological polar surface area (TPSA) is 121 Å². The highest BCUT2D eigenvalue weighted by atomic mass is 32.1. The molecule has 190 valence electrons. The van der Waals surface area contributed by atoms with Crippen LogP contribution in [0.25, 0.3) is 10.4 Å². The van der Waals surface area contributed by atoms with Gasteiger partial charge in [0.25, 0.3) is 0 Å². The van der Waals surface area contributed by atoms with Gasteiger partial charge in [-0.1, -0.05) is 38.1 Å². The van der Waals surface area contributed by atoms with Gasteiger partial charge in [-0.05, 0) is 30.9 Å². The lowest BCUT2D eigenvalue weighted by Gasteiger charge is -2.30. The minimum atomic E-state index is -0.830. The maximum atomic E-state index is 13.3. The van der Waals surface area contributed by atoms with E-state index in [1.165, 1.54) is 12.0 Å². The highest BCUT2D eigenvalue weighted by Crippen LogP contribution is 2.27. The molecule has 9 nitrogen and oxygen atoms in total. The molecule has 0 radical (unpaired) electrons. The number of carbonyl (C=O) groups is 3. The number of ether oxygens (including phenoxy) is 1. The van der Waals surface area contributed by atoms with Gasteiger partial charge in [-0.15, -0.1) is 11.3 Å². The lowest BCUT2D eigenvalue weighted by Crippen LogP contribution is -2.56. The third kappa shape index (κ3) is 6.45. The molecule has 2 heterocycles. The number of amides is 3. The van der Waals surface area contributed by atoms with Gasteiger partial charge in [-0.3, -0.25) is 14.4 Å². The fraction of sp³-hybridized carbons (Fsp3) is 0.520. The molecule has 0 bridgehead atoms. The molecule has 3 rings (SSSR count). The quantitative estimate of drug-likeness (QED) is 0.482. The summed E-state index contributed by atoms with van der Waals surface area (Å²) in [6.45, 7) is 7.54. The molecule has 1 saturated heterocycles.